The standard InChI is InChI=1S/C14H19N2O5P/c17-14-15-10(8-9-4-2-1-3-5-9)12(16-14)13-11(6-7-21-13)22(18,19)20/h6-7,9H,1-5,8H2,(H2,15,16,17)(H2,18,19,20). The Balaban J connectivity index is 1.96. The first-order chi connectivity index (χ1) is 10.4. The van der Waals surface area contributed by atoms with Crippen LogP contribution in [0.15, 0.2) is 21.5 Å². The molecule has 0 atom stereocenters. The summed E-state index contributed by atoms with van der Waals surface area (Å²) in [5, 5.41) is -0.201. The Hall–Kier alpha value is -1.56. The molecule has 1 aliphatic carbocycles. The van der Waals surface area contributed by atoms with Crippen LogP contribution in [0.2, 0.25) is 0 Å². The Morgan fingerprint density at radius 1 is 1.23 bits per heavy atom. The molecule has 0 aliphatic heterocycles. The van der Waals surface area contributed by atoms with Gasteiger partial charge < -0.3 is 24.2 Å². The number of H-pyrrole nitrogens is 2. The van der Waals surface area contributed by atoms with Crippen LogP contribution in [0.5, 0.6) is 0 Å². The molecule has 0 aromatic carbocycles. The molecule has 4 N–H and O–H groups in total. The highest BCUT2D eigenvalue weighted by Crippen LogP contribution is 2.39. The van der Waals surface area contributed by atoms with E-state index in [9.17, 15) is 19.1 Å². The predicted molar refractivity (Wildman–Crippen MR) is 81.1 cm³/mol. The summed E-state index contributed by atoms with van der Waals surface area (Å²) in [6.45, 7) is 0. The van der Waals surface area contributed by atoms with E-state index in [1.54, 1.807) is 0 Å². The predicted octanol–water partition coefficient (Wildman–Crippen LogP) is 1.89. The van der Waals surface area contributed by atoms with Crippen LogP contribution in [0.4, 0.5) is 0 Å². The van der Waals surface area contributed by atoms with E-state index >= 15 is 0 Å². The highest BCUT2D eigenvalue weighted by Gasteiger charge is 2.28. The number of aromatic amines is 2. The van der Waals surface area contributed by atoms with Crippen LogP contribution in [0, 0.1) is 5.92 Å². The van der Waals surface area contributed by atoms with E-state index in [2.05, 4.69) is 9.97 Å². The molecule has 2 aromatic heterocycles. The van der Waals surface area contributed by atoms with Gasteiger partial charge in [0.25, 0.3) is 0 Å². The van der Waals surface area contributed by atoms with Crippen molar-refractivity contribution in [3.63, 3.8) is 0 Å². The largest absolute Gasteiger partial charge is 0.462 e. The van der Waals surface area contributed by atoms with Gasteiger partial charge in [-0.2, -0.15) is 0 Å². The quantitative estimate of drug-likeness (QED) is 0.640. The van der Waals surface area contributed by atoms with Gasteiger partial charge in [0.1, 0.15) is 11.0 Å². The van der Waals surface area contributed by atoms with E-state index in [1.165, 1.54) is 31.6 Å². The fraction of sp³-hybridized carbons (Fsp3) is 0.500. The molecule has 3 rings (SSSR count). The van der Waals surface area contributed by atoms with Crippen molar-refractivity contribution in [1.82, 2.24) is 9.97 Å². The zero-order chi connectivity index (χ0) is 15.7. The first kappa shape index (κ1) is 15.3. The Morgan fingerprint density at radius 2 is 1.95 bits per heavy atom. The maximum absolute atomic E-state index is 11.7. The van der Waals surface area contributed by atoms with Crippen molar-refractivity contribution in [3.05, 3.63) is 28.5 Å². The third kappa shape index (κ3) is 3.11. The minimum absolute atomic E-state index is 0.0393. The van der Waals surface area contributed by atoms with E-state index in [0.29, 0.717) is 23.7 Å². The minimum atomic E-state index is -4.46. The van der Waals surface area contributed by atoms with Gasteiger partial charge in [-0.15, -0.1) is 0 Å². The van der Waals surface area contributed by atoms with Crippen molar-refractivity contribution in [2.45, 2.75) is 38.5 Å². The fourth-order valence-corrected chi connectivity index (χ4v) is 3.85. The summed E-state index contributed by atoms with van der Waals surface area (Å²) in [6.07, 6.45) is 7.72. The Morgan fingerprint density at radius 3 is 2.64 bits per heavy atom. The molecule has 0 radical (unpaired) electrons. The highest BCUT2D eigenvalue weighted by atomic mass is 31.2. The molecule has 0 spiro atoms. The molecule has 1 fully saturated rings. The molecule has 1 aliphatic rings. The number of nitrogens with one attached hydrogen (secondary N) is 2. The van der Waals surface area contributed by atoms with Crippen molar-refractivity contribution < 1.29 is 18.8 Å². The Bertz CT molecular complexity index is 747. The lowest BCUT2D eigenvalue weighted by Gasteiger charge is -2.21. The molecule has 0 bridgehead atoms. The van der Waals surface area contributed by atoms with Crippen molar-refractivity contribution in [1.29, 1.82) is 0 Å². The first-order valence-corrected chi connectivity index (χ1v) is 9.01. The van der Waals surface area contributed by atoms with Crippen LogP contribution in [0.3, 0.4) is 0 Å². The van der Waals surface area contributed by atoms with Gasteiger partial charge in [-0.25, -0.2) is 4.79 Å². The fourth-order valence-electron chi connectivity index (χ4n) is 3.17. The molecular weight excluding hydrogens is 307 g/mol. The van der Waals surface area contributed by atoms with Crippen molar-refractivity contribution in [3.8, 4) is 11.5 Å². The van der Waals surface area contributed by atoms with E-state index in [4.69, 9.17) is 4.42 Å². The second-order valence-corrected chi connectivity index (χ2v) is 7.39. The van der Waals surface area contributed by atoms with Crippen LogP contribution in [0.1, 0.15) is 37.8 Å². The monoisotopic (exact) mass is 326 g/mol. The second kappa shape index (κ2) is 5.91. The number of furan rings is 1. The summed E-state index contributed by atoms with van der Waals surface area (Å²) in [5.41, 5.74) is 0.606. The topological polar surface area (TPSA) is 119 Å². The van der Waals surface area contributed by atoms with Gasteiger partial charge in [0.15, 0.2) is 5.76 Å². The molecule has 2 aromatic rings. The molecule has 1 saturated carbocycles. The maximum atomic E-state index is 11.7. The van der Waals surface area contributed by atoms with Gasteiger partial charge >= 0.3 is 13.3 Å². The molecule has 2 heterocycles. The first-order valence-electron chi connectivity index (χ1n) is 7.40. The van der Waals surface area contributed by atoms with Crippen LogP contribution in [-0.2, 0) is 11.0 Å². The number of hydrogen-bond donors (Lipinski definition) is 4. The SMILES string of the molecule is O=c1[nH]c(CC2CCCCC2)c(-c2occc2P(=O)(O)O)[nH]1. The summed E-state index contributed by atoms with van der Waals surface area (Å²) >= 11 is 0. The molecular formula is C14H19N2O5P. The van der Waals surface area contributed by atoms with E-state index in [-0.39, 0.29) is 11.1 Å². The van der Waals surface area contributed by atoms with Crippen molar-refractivity contribution in [2.24, 2.45) is 5.92 Å². The maximum Gasteiger partial charge on any atom is 0.360 e. The van der Waals surface area contributed by atoms with Crippen molar-refractivity contribution in [2.75, 3.05) is 0 Å². The summed E-state index contributed by atoms with van der Waals surface area (Å²) in [7, 11) is -4.46. The third-order valence-corrected chi connectivity index (χ3v) is 5.19. The lowest BCUT2D eigenvalue weighted by atomic mass is 9.86. The Labute approximate surface area is 126 Å². The van der Waals surface area contributed by atoms with Crippen LogP contribution < -0.4 is 11.0 Å². The van der Waals surface area contributed by atoms with E-state index in [1.807, 2.05) is 0 Å². The van der Waals surface area contributed by atoms with Crippen LogP contribution in [-0.4, -0.2) is 19.8 Å². The zero-order valence-electron chi connectivity index (χ0n) is 12.0. The average Bonchev–Trinajstić information content (AvgIpc) is 3.06. The number of aromatic nitrogens is 2. The third-order valence-electron chi connectivity index (χ3n) is 4.21. The van der Waals surface area contributed by atoms with E-state index < -0.39 is 13.3 Å². The Kier molecular flexibility index (Phi) is 4.12. The number of imidazole rings is 1. The molecule has 22 heavy (non-hydrogen) atoms. The van der Waals surface area contributed by atoms with Gasteiger partial charge in [0.2, 0.25) is 0 Å². The zero-order valence-corrected chi connectivity index (χ0v) is 12.9. The van der Waals surface area contributed by atoms with E-state index in [0.717, 1.165) is 12.8 Å². The molecule has 120 valence electrons. The minimum Gasteiger partial charge on any atom is -0.462 e. The van der Waals surface area contributed by atoms with Gasteiger partial charge in [-0.05, 0) is 18.4 Å². The molecule has 7 nitrogen and oxygen atoms in total. The lowest BCUT2D eigenvalue weighted by molar-refractivity contribution is 0.354. The lowest BCUT2D eigenvalue weighted by Crippen LogP contribution is -2.11. The summed E-state index contributed by atoms with van der Waals surface area (Å²) in [4.78, 5) is 35.8. The molecule has 0 saturated heterocycles. The molecule has 0 amide bonds. The van der Waals surface area contributed by atoms with Crippen molar-refractivity contribution >= 4 is 12.9 Å². The smallest absolute Gasteiger partial charge is 0.360 e. The second-order valence-electron chi connectivity index (χ2n) is 5.82. The average molecular weight is 326 g/mol. The summed E-state index contributed by atoms with van der Waals surface area (Å²) in [6, 6.07) is 1.24. The van der Waals surface area contributed by atoms with Crippen LogP contribution >= 0.6 is 7.60 Å². The summed E-state index contributed by atoms with van der Waals surface area (Å²) < 4.78 is 16.8. The molecule has 8 heteroatoms. The normalized spacial score (nSPS) is 17.0. The van der Waals surface area contributed by atoms with Crippen LogP contribution in [0.25, 0.3) is 11.5 Å². The van der Waals surface area contributed by atoms with Gasteiger partial charge in [0.05, 0.1) is 6.26 Å². The highest BCUT2D eigenvalue weighted by molar-refractivity contribution is 7.60. The van der Waals surface area contributed by atoms with Gasteiger partial charge in [-0.3, -0.25) is 4.57 Å². The van der Waals surface area contributed by atoms with Gasteiger partial charge in [-0.1, -0.05) is 32.1 Å². The number of hydrogen-bond acceptors (Lipinski definition) is 3. The van der Waals surface area contributed by atoms with Gasteiger partial charge in [0, 0.05) is 5.69 Å². The number of rotatable bonds is 4. The molecule has 0 unspecified atom stereocenters. The summed E-state index contributed by atoms with van der Waals surface area (Å²) in [5.74, 6) is 0.518.